The molecule has 0 saturated carbocycles. The molecule has 0 bridgehead atoms. The second-order valence-electron chi connectivity index (χ2n) is 4.94. The van der Waals surface area contributed by atoms with E-state index in [0.29, 0.717) is 23.2 Å². The van der Waals surface area contributed by atoms with E-state index in [1.807, 2.05) is 0 Å². The molecule has 0 fully saturated rings. The third kappa shape index (κ3) is 2.68. The summed E-state index contributed by atoms with van der Waals surface area (Å²) in [5.74, 6) is 0.306. The Bertz CT molecular complexity index is 902. The van der Waals surface area contributed by atoms with Crippen molar-refractivity contribution in [3.05, 3.63) is 47.1 Å². The summed E-state index contributed by atoms with van der Waals surface area (Å²) in [4.78, 5) is 11.3. The van der Waals surface area contributed by atoms with E-state index >= 15 is 0 Å². The van der Waals surface area contributed by atoms with Crippen LogP contribution in [0.25, 0.3) is 22.5 Å². The molecular weight excluding hydrogens is 334 g/mol. The Morgan fingerprint density at radius 1 is 1.17 bits per heavy atom. The number of benzene rings is 2. The number of phenols is 2. The maximum Gasteiger partial charge on any atom is 0.179 e. The van der Waals surface area contributed by atoms with E-state index in [1.165, 1.54) is 6.07 Å². The Morgan fingerprint density at radius 2 is 1.88 bits per heavy atom. The highest BCUT2D eigenvalue weighted by Crippen LogP contribution is 2.42. The number of carbonyl (C=O) groups is 1. The van der Waals surface area contributed by atoms with Crippen molar-refractivity contribution in [1.29, 1.82) is 0 Å². The molecule has 0 aliphatic heterocycles. The van der Waals surface area contributed by atoms with Gasteiger partial charge in [0.15, 0.2) is 17.7 Å². The van der Waals surface area contributed by atoms with Crippen molar-refractivity contribution in [3.63, 3.8) is 0 Å². The van der Waals surface area contributed by atoms with Crippen LogP contribution in [0.5, 0.6) is 17.2 Å². The van der Waals surface area contributed by atoms with Crippen LogP contribution in [0.4, 0.5) is 0 Å². The van der Waals surface area contributed by atoms with Gasteiger partial charge in [0.1, 0.15) is 17.2 Å². The summed E-state index contributed by atoms with van der Waals surface area (Å²) in [5, 5.41) is 23.4. The third-order valence-electron chi connectivity index (χ3n) is 3.52. The predicted octanol–water partition coefficient (Wildman–Crippen LogP) is 3.89. The number of carbonyl (C=O) groups excluding carboxylic acids is 1. The van der Waals surface area contributed by atoms with Crippen molar-refractivity contribution in [2.45, 2.75) is 0 Å². The molecule has 7 heteroatoms. The number of aromatic nitrogens is 1. The molecule has 1 heterocycles. The summed E-state index contributed by atoms with van der Waals surface area (Å²) in [6, 6.07) is 9.36. The summed E-state index contributed by atoms with van der Waals surface area (Å²) in [7, 11) is 1.55. The number of phenolic OH excluding ortho intramolecular Hbond substituents is 2. The van der Waals surface area contributed by atoms with Crippen LogP contribution in [-0.4, -0.2) is 28.8 Å². The molecule has 0 aliphatic rings. The van der Waals surface area contributed by atoms with Crippen molar-refractivity contribution >= 4 is 17.9 Å². The van der Waals surface area contributed by atoms with Crippen molar-refractivity contribution in [2.24, 2.45) is 0 Å². The highest BCUT2D eigenvalue weighted by Gasteiger charge is 2.22. The molecule has 0 unspecified atom stereocenters. The van der Waals surface area contributed by atoms with Crippen LogP contribution in [0.1, 0.15) is 10.5 Å². The zero-order valence-corrected chi connectivity index (χ0v) is 13.2. The Labute approximate surface area is 141 Å². The van der Waals surface area contributed by atoms with Gasteiger partial charge in [-0.3, -0.25) is 4.79 Å². The van der Waals surface area contributed by atoms with Crippen LogP contribution >= 0.6 is 11.6 Å². The first kappa shape index (κ1) is 15.9. The number of hydrogen-bond acceptors (Lipinski definition) is 6. The van der Waals surface area contributed by atoms with Crippen molar-refractivity contribution in [1.82, 2.24) is 5.16 Å². The lowest BCUT2D eigenvalue weighted by molar-refractivity contribution is 0.111. The smallest absolute Gasteiger partial charge is 0.179 e. The van der Waals surface area contributed by atoms with Gasteiger partial charge in [0.25, 0.3) is 0 Å². The van der Waals surface area contributed by atoms with E-state index in [0.717, 1.165) is 6.07 Å². The standard InChI is InChI=1S/C17H12ClNO5/c1-23-10-4-2-9(3-5-10)16-13(8-20)19-24-17(16)11-6-12(18)15(22)7-14(11)21/h2-8,21-22H,1H3. The average molecular weight is 346 g/mol. The molecule has 2 N–H and O–H groups in total. The van der Waals surface area contributed by atoms with Gasteiger partial charge in [-0.25, -0.2) is 0 Å². The first-order valence-corrected chi connectivity index (χ1v) is 7.24. The van der Waals surface area contributed by atoms with E-state index in [1.54, 1.807) is 31.4 Å². The maximum absolute atomic E-state index is 11.3. The molecule has 0 aliphatic carbocycles. The maximum atomic E-state index is 11.3. The first-order valence-electron chi connectivity index (χ1n) is 6.86. The Balaban J connectivity index is 2.22. The van der Waals surface area contributed by atoms with Gasteiger partial charge in [-0.1, -0.05) is 28.9 Å². The number of ether oxygens (including phenoxy) is 1. The topological polar surface area (TPSA) is 92.8 Å². The molecular formula is C17H12ClNO5. The molecule has 1 aromatic heterocycles. The molecule has 3 aromatic rings. The average Bonchev–Trinajstić information content (AvgIpc) is 3.02. The molecule has 2 aromatic carbocycles. The van der Waals surface area contributed by atoms with Gasteiger partial charge in [-0.2, -0.15) is 0 Å². The molecule has 0 atom stereocenters. The van der Waals surface area contributed by atoms with E-state index in [-0.39, 0.29) is 33.5 Å². The lowest BCUT2D eigenvalue weighted by Gasteiger charge is -2.07. The Hall–Kier alpha value is -2.99. The van der Waals surface area contributed by atoms with Gasteiger partial charge in [-0.05, 0) is 23.8 Å². The fourth-order valence-electron chi connectivity index (χ4n) is 2.34. The zero-order chi connectivity index (χ0) is 17.3. The van der Waals surface area contributed by atoms with Gasteiger partial charge >= 0.3 is 0 Å². The summed E-state index contributed by atoms with van der Waals surface area (Å²) in [6.45, 7) is 0. The number of rotatable bonds is 4. The van der Waals surface area contributed by atoms with E-state index in [9.17, 15) is 15.0 Å². The van der Waals surface area contributed by atoms with Crippen molar-refractivity contribution in [3.8, 4) is 39.7 Å². The molecule has 0 saturated heterocycles. The summed E-state index contributed by atoms with van der Waals surface area (Å²) >= 11 is 5.91. The fraction of sp³-hybridized carbons (Fsp3) is 0.0588. The van der Waals surface area contributed by atoms with Crippen LogP contribution in [0, 0.1) is 0 Å². The molecule has 0 radical (unpaired) electrons. The highest BCUT2D eigenvalue weighted by molar-refractivity contribution is 6.32. The number of halogens is 1. The molecule has 3 rings (SSSR count). The van der Waals surface area contributed by atoms with E-state index in [2.05, 4.69) is 5.16 Å². The Morgan fingerprint density at radius 3 is 2.50 bits per heavy atom. The minimum Gasteiger partial charge on any atom is -0.507 e. The fourth-order valence-corrected chi connectivity index (χ4v) is 2.50. The van der Waals surface area contributed by atoms with Crippen LogP contribution in [-0.2, 0) is 0 Å². The summed E-state index contributed by atoms with van der Waals surface area (Å²) < 4.78 is 10.4. The van der Waals surface area contributed by atoms with E-state index in [4.69, 9.17) is 20.9 Å². The second kappa shape index (κ2) is 6.25. The van der Waals surface area contributed by atoms with Gasteiger partial charge in [0.05, 0.1) is 23.3 Å². The largest absolute Gasteiger partial charge is 0.507 e. The van der Waals surface area contributed by atoms with Gasteiger partial charge < -0.3 is 19.5 Å². The van der Waals surface area contributed by atoms with Crippen LogP contribution < -0.4 is 4.74 Å². The lowest BCUT2D eigenvalue weighted by Crippen LogP contribution is -1.88. The number of aromatic hydroxyl groups is 2. The predicted molar refractivity (Wildman–Crippen MR) is 87.7 cm³/mol. The van der Waals surface area contributed by atoms with Crippen LogP contribution in [0.15, 0.2) is 40.9 Å². The number of methoxy groups -OCH3 is 1. The first-order chi connectivity index (χ1) is 11.5. The number of nitrogens with zero attached hydrogens (tertiary/aromatic N) is 1. The molecule has 6 nitrogen and oxygen atoms in total. The van der Waals surface area contributed by atoms with Crippen molar-refractivity contribution in [2.75, 3.05) is 7.11 Å². The molecule has 0 spiro atoms. The molecule has 24 heavy (non-hydrogen) atoms. The van der Waals surface area contributed by atoms with Crippen LogP contribution in [0.2, 0.25) is 5.02 Å². The zero-order valence-electron chi connectivity index (χ0n) is 12.5. The quantitative estimate of drug-likeness (QED) is 0.697. The van der Waals surface area contributed by atoms with Gasteiger partial charge in [0.2, 0.25) is 0 Å². The highest BCUT2D eigenvalue weighted by atomic mass is 35.5. The second-order valence-corrected chi connectivity index (χ2v) is 5.35. The summed E-state index contributed by atoms with van der Waals surface area (Å²) in [6.07, 6.45) is 0.561. The molecule has 0 amide bonds. The minimum absolute atomic E-state index is 0.0348. The monoisotopic (exact) mass is 345 g/mol. The van der Waals surface area contributed by atoms with E-state index < -0.39 is 0 Å². The normalized spacial score (nSPS) is 10.6. The van der Waals surface area contributed by atoms with Gasteiger partial charge in [0, 0.05) is 6.07 Å². The number of hydrogen-bond donors (Lipinski definition) is 2. The Kier molecular flexibility index (Phi) is 4.14. The lowest BCUT2D eigenvalue weighted by atomic mass is 9.99. The van der Waals surface area contributed by atoms with Crippen molar-refractivity contribution < 1.29 is 24.3 Å². The van der Waals surface area contributed by atoms with Crippen LogP contribution in [0.3, 0.4) is 0 Å². The van der Waals surface area contributed by atoms with Gasteiger partial charge in [-0.15, -0.1) is 0 Å². The minimum atomic E-state index is -0.265. The summed E-state index contributed by atoms with van der Waals surface area (Å²) in [5.41, 5.74) is 1.35. The molecule has 122 valence electrons. The SMILES string of the molecule is COc1ccc(-c2c(C=O)noc2-c2cc(Cl)c(O)cc2O)cc1. The third-order valence-corrected chi connectivity index (χ3v) is 3.82. The number of aldehydes is 1.